The first kappa shape index (κ1) is 10.0. The van der Waals surface area contributed by atoms with Crippen molar-refractivity contribution in [1.82, 2.24) is 5.32 Å². The minimum Gasteiger partial charge on any atom is -0.444 e. The molecular formula is C9H17NO3. The molecule has 4 nitrogen and oxygen atoms in total. The second-order valence-electron chi connectivity index (χ2n) is 3.76. The van der Waals surface area contributed by atoms with E-state index in [1.54, 1.807) is 27.7 Å². The van der Waals surface area contributed by atoms with Gasteiger partial charge in [0.15, 0.2) is 0 Å². The molecule has 0 aromatic carbocycles. The molecule has 0 unspecified atom stereocenters. The van der Waals surface area contributed by atoms with Gasteiger partial charge in [0.05, 0.1) is 0 Å². The second kappa shape index (κ2) is 4.84. The summed E-state index contributed by atoms with van der Waals surface area (Å²) in [5.74, 6) is 0. The number of hydrogen-bond acceptors (Lipinski definition) is 3. The molecule has 0 aliphatic rings. The van der Waals surface area contributed by atoms with E-state index >= 15 is 0 Å². The first-order chi connectivity index (χ1) is 6.26. The average Bonchev–Trinajstić information content (AvgIpc) is 1.99. The Hall–Kier alpha value is -1.06. The summed E-state index contributed by atoms with van der Waals surface area (Å²) in [4.78, 5) is 21.4. The summed E-state index contributed by atoms with van der Waals surface area (Å²) in [7, 11) is 0. The van der Waals surface area contributed by atoms with Gasteiger partial charge in [-0.2, -0.15) is 0 Å². The number of carbonyl (C=O) groups is 2. The SMILES string of the molecule is [2H][C@@H](C=O)[C@@H](C)NC(=O)OC(C)(C)C. The van der Waals surface area contributed by atoms with E-state index in [4.69, 9.17) is 6.11 Å². The molecule has 2 atom stereocenters. The first-order valence-electron chi connectivity index (χ1n) is 4.71. The van der Waals surface area contributed by atoms with Crippen LogP contribution >= 0.6 is 0 Å². The molecular weight excluding hydrogens is 170 g/mol. The van der Waals surface area contributed by atoms with Gasteiger partial charge in [0, 0.05) is 13.8 Å². The van der Waals surface area contributed by atoms with Crippen LogP contribution in [-0.2, 0) is 9.53 Å². The lowest BCUT2D eigenvalue weighted by atomic mass is 10.2. The molecule has 0 aliphatic carbocycles. The minimum atomic E-state index is -0.956. The van der Waals surface area contributed by atoms with Gasteiger partial charge in [-0.15, -0.1) is 0 Å². The monoisotopic (exact) mass is 188 g/mol. The zero-order valence-electron chi connectivity index (χ0n) is 9.46. The topological polar surface area (TPSA) is 55.4 Å². The quantitative estimate of drug-likeness (QED) is 0.683. The maximum absolute atomic E-state index is 11.2. The summed E-state index contributed by atoms with van der Waals surface area (Å²) in [6.07, 6.45) is -1.09. The zero-order valence-corrected chi connectivity index (χ0v) is 8.46. The molecule has 0 aliphatic heterocycles. The number of carbonyl (C=O) groups excluding carboxylic acids is 2. The molecule has 0 saturated carbocycles. The number of rotatable bonds is 3. The predicted molar refractivity (Wildman–Crippen MR) is 49.5 cm³/mol. The molecule has 0 saturated heterocycles. The largest absolute Gasteiger partial charge is 0.444 e. The van der Waals surface area contributed by atoms with Crippen LogP contribution in [0.25, 0.3) is 0 Å². The van der Waals surface area contributed by atoms with E-state index in [1.807, 2.05) is 0 Å². The lowest BCUT2D eigenvalue weighted by Gasteiger charge is -2.21. The Morgan fingerprint density at radius 2 is 2.23 bits per heavy atom. The van der Waals surface area contributed by atoms with Gasteiger partial charge in [-0.3, -0.25) is 0 Å². The fourth-order valence-electron chi connectivity index (χ4n) is 0.659. The van der Waals surface area contributed by atoms with E-state index in [9.17, 15) is 9.59 Å². The van der Waals surface area contributed by atoms with Crippen molar-refractivity contribution in [3.05, 3.63) is 0 Å². The van der Waals surface area contributed by atoms with Gasteiger partial charge < -0.3 is 14.8 Å². The van der Waals surface area contributed by atoms with Crippen molar-refractivity contribution in [2.45, 2.75) is 45.7 Å². The Kier molecular flexibility index (Phi) is 3.73. The highest BCUT2D eigenvalue weighted by molar-refractivity contribution is 5.68. The van der Waals surface area contributed by atoms with Crippen molar-refractivity contribution >= 4 is 12.4 Å². The summed E-state index contributed by atoms with van der Waals surface area (Å²) in [6, 6.07) is -0.539. The van der Waals surface area contributed by atoms with Crippen LogP contribution in [0.15, 0.2) is 0 Å². The molecule has 0 aromatic rings. The van der Waals surface area contributed by atoms with Crippen LogP contribution in [0.3, 0.4) is 0 Å². The third-order valence-corrected chi connectivity index (χ3v) is 1.11. The summed E-state index contributed by atoms with van der Waals surface area (Å²) < 4.78 is 12.2. The average molecular weight is 188 g/mol. The number of nitrogens with one attached hydrogen (secondary N) is 1. The fourth-order valence-corrected chi connectivity index (χ4v) is 0.659. The third-order valence-electron chi connectivity index (χ3n) is 1.11. The van der Waals surface area contributed by atoms with Crippen molar-refractivity contribution in [3.8, 4) is 0 Å². The van der Waals surface area contributed by atoms with Crippen LogP contribution < -0.4 is 5.32 Å². The van der Waals surface area contributed by atoms with Gasteiger partial charge in [0.1, 0.15) is 11.9 Å². The molecule has 1 amide bonds. The van der Waals surface area contributed by atoms with Crippen LogP contribution in [0.4, 0.5) is 4.79 Å². The Labute approximate surface area is 80.1 Å². The van der Waals surface area contributed by atoms with Gasteiger partial charge in [-0.1, -0.05) is 0 Å². The number of aldehydes is 1. The molecule has 0 fully saturated rings. The highest BCUT2D eigenvalue weighted by atomic mass is 16.6. The summed E-state index contributed by atoms with van der Waals surface area (Å²) in [5.41, 5.74) is -0.567. The van der Waals surface area contributed by atoms with Crippen molar-refractivity contribution in [1.29, 1.82) is 0 Å². The van der Waals surface area contributed by atoms with Gasteiger partial charge in [-0.25, -0.2) is 4.79 Å². The van der Waals surface area contributed by atoms with Gasteiger partial charge in [-0.05, 0) is 27.7 Å². The maximum atomic E-state index is 11.2. The predicted octanol–water partition coefficient (Wildman–Crippen LogP) is 1.49. The second-order valence-corrected chi connectivity index (χ2v) is 3.76. The van der Waals surface area contributed by atoms with Crippen molar-refractivity contribution in [3.63, 3.8) is 0 Å². The standard InChI is InChI=1S/C9H17NO3/c1-7(5-6-11)10-8(12)13-9(2,3)4/h6-7H,5H2,1-4H3,(H,10,12)/t7-/m1/s1/i5D/t5-,7+/m0. The molecule has 76 valence electrons. The Bertz CT molecular complexity index is 213. The van der Waals surface area contributed by atoms with E-state index < -0.39 is 24.1 Å². The molecule has 13 heavy (non-hydrogen) atoms. The molecule has 0 heterocycles. The number of hydrogen-bond donors (Lipinski definition) is 1. The first-order valence-corrected chi connectivity index (χ1v) is 4.13. The van der Waals surface area contributed by atoms with Crippen LogP contribution in [0, 0.1) is 0 Å². The van der Waals surface area contributed by atoms with Crippen molar-refractivity contribution in [2.24, 2.45) is 0 Å². The maximum Gasteiger partial charge on any atom is 0.407 e. The van der Waals surface area contributed by atoms with E-state index in [2.05, 4.69) is 5.32 Å². The normalized spacial score (nSPS) is 16.8. The van der Waals surface area contributed by atoms with Crippen molar-refractivity contribution in [2.75, 3.05) is 0 Å². The molecule has 1 N–H and O–H groups in total. The smallest absolute Gasteiger partial charge is 0.407 e. The fraction of sp³-hybridized carbons (Fsp3) is 0.778. The molecule has 0 aromatic heterocycles. The lowest BCUT2D eigenvalue weighted by Crippen LogP contribution is -2.37. The van der Waals surface area contributed by atoms with Crippen LogP contribution in [0.2, 0.25) is 0 Å². The molecule has 0 spiro atoms. The molecule has 0 radical (unpaired) electrons. The van der Waals surface area contributed by atoms with Crippen LogP contribution in [-0.4, -0.2) is 24.0 Å². The molecule has 0 rings (SSSR count). The summed E-state index contributed by atoms with van der Waals surface area (Å²) in [6.45, 7) is 6.81. The highest BCUT2D eigenvalue weighted by Crippen LogP contribution is 2.06. The van der Waals surface area contributed by atoms with Gasteiger partial charge in [0.2, 0.25) is 0 Å². The molecule has 0 bridgehead atoms. The third kappa shape index (κ3) is 7.31. The van der Waals surface area contributed by atoms with Gasteiger partial charge >= 0.3 is 6.09 Å². The van der Waals surface area contributed by atoms with Crippen LogP contribution in [0.1, 0.15) is 35.5 Å². The Morgan fingerprint density at radius 1 is 1.69 bits per heavy atom. The molecule has 4 heteroatoms. The Morgan fingerprint density at radius 3 is 2.62 bits per heavy atom. The lowest BCUT2D eigenvalue weighted by molar-refractivity contribution is -0.108. The van der Waals surface area contributed by atoms with Gasteiger partial charge in [0.25, 0.3) is 0 Å². The van der Waals surface area contributed by atoms with E-state index in [0.29, 0.717) is 6.29 Å². The number of amides is 1. The number of ether oxygens (including phenoxy) is 1. The Balaban J connectivity index is 4.01. The van der Waals surface area contributed by atoms with E-state index in [1.165, 1.54) is 0 Å². The highest BCUT2D eigenvalue weighted by Gasteiger charge is 2.17. The minimum absolute atomic E-state index is 0.474. The van der Waals surface area contributed by atoms with E-state index in [0.717, 1.165) is 0 Å². The van der Waals surface area contributed by atoms with E-state index in [-0.39, 0.29) is 0 Å². The van der Waals surface area contributed by atoms with Crippen LogP contribution in [0.5, 0.6) is 0 Å². The number of alkyl carbamates (subject to hydrolysis) is 1. The zero-order chi connectivity index (χ0) is 11.4. The summed E-state index contributed by atoms with van der Waals surface area (Å²) in [5, 5.41) is 2.41. The van der Waals surface area contributed by atoms with Crippen molar-refractivity contribution < 1.29 is 15.7 Å². The summed E-state index contributed by atoms with van der Waals surface area (Å²) >= 11 is 0.